The zero-order valence-electron chi connectivity index (χ0n) is 14.9. The summed E-state index contributed by atoms with van der Waals surface area (Å²) < 4.78 is 0. The van der Waals surface area contributed by atoms with Crippen molar-refractivity contribution in [3.63, 3.8) is 0 Å². The quantitative estimate of drug-likeness (QED) is 0.353. The predicted octanol–water partition coefficient (Wildman–Crippen LogP) is 5.84. The maximum Gasteiger partial charge on any atom is 0.294 e. The number of benzene rings is 2. The van der Waals surface area contributed by atoms with Crippen molar-refractivity contribution < 1.29 is 9.92 Å². The number of para-hydroxylation sites is 2. The molecule has 9 heteroatoms. The van der Waals surface area contributed by atoms with Crippen LogP contribution in [0.4, 0.5) is 11.4 Å². The van der Waals surface area contributed by atoms with Crippen LogP contribution in [0.15, 0.2) is 42.5 Å². The SMILES string of the molecule is Cc1nc(Cc2ccccc2Nc2c(Cl)cccc2Cl)sc1CCO[N+](=O)[O-]. The Morgan fingerprint density at radius 1 is 1.18 bits per heavy atom. The molecule has 0 saturated carbocycles. The third-order valence-corrected chi connectivity index (χ3v) is 5.89. The first-order chi connectivity index (χ1) is 13.4. The van der Waals surface area contributed by atoms with Crippen molar-refractivity contribution in [2.75, 3.05) is 11.9 Å². The average Bonchev–Trinajstić information content (AvgIpc) is 2.99. The molecule has 1 N–H and O–H groups in total. The zero-order chi connectivity index (χ0) is 20.1. The van der Waals surface area contributed by atoms with E-state index < -0.39 is 5.09 Å². The highest BCUT2D eigenvalue weighted by Gasteiger charge is 2.13. The topological polar surface area (TPSA) is 77.3 Å². The summed E-state index contributed by atoms with van der Waals surface area (Å²) in [4.78, 5) is 20.3. The summed E-state index contributed by atoms with van der Waals surface area (Å²) in [6.07, 6.45) is 1.08. The molecule has 0 aliphatic heterocycles. The van der Waals surface area contributed by atoms with Crippen LogP contribution in [0.1, 0.15) is 21.1 Å². The van der Waals surface area contributed by atoms with Crippen LogP contribution in [0.5, 0.6) is 0 Å². The van der Waals surface area contributed by atoms with Gasteiger partial charge in [-0.15, -0.1) is 21.5 Å². The number of aromatic nitrogens is 1. The van der Waals surface area contributed by atoms with Crippen LogP contribution in [0.3, 0.4) is 0 Å². The molecule has 0 atom stereocenters. The molecule has 0 aliphatic carbocycles. The van der Waals surface area contributed by atoms with Crippen molar-refractivity contribution in [2.24, 2.45) is 0 Å². The Labute approximate surface area is 176 Å². The highest BCUT2D eigenvalue weighted by molar-refractivity contribution is 7.11. The minimum atomic E-state index is -0.779. The van der Waals surface area contributed by atoms with E-state index in [4.69, 9.17) is 23.2 Å². The predicted molar refractivity (Wildman–Crippen MR) is 112 cm³/mol. The summed E-state index contributed by atoms with van der Waals surface area (Å²) in [5.74, 6) is 0. The van der Waals surface area contributed by atoms with Crippen LogP contribution < -0.4 is 5.32 Å². The minimum absolute atomic E-state index is 0.0264. The fourth-order valence-corrected chi connectivity index (χ4v) is 4.29. The van der Waals surface area contributed by atoms with Crippen molar-refractivity contribution in [3.8, 4) is 0 Å². The fourth-order valence-electron chi connectivity index (χ4n) is 2.72. The molecule has 146 valence electrons. The van der Waals surface area contributed by atoms with Crippen LogP contribution in [0.25, 0.3) is 0 Å². The standard InChI is InChI=1S/C19H17Cl2N3O3S/c1-12-17(9-10-27-24(25)26)28-18(22-12)11-13-5-2-3-8-16(13)23-19-14(20)6-4-7-15(19)21/h2-8,23H,9-11H2,1H3. The third-order valence-electron chi connectivity index (χ3n) is 4.04. The maximum atomic E-state index is 10.3. The molecule has 28 heavy (non-hydrogen) atoms. The number of hydrogen-bond donors (Lipinski definition) is 1. The second-order valence-electron chi connectivity index (χ2n) is 5.98. The van der Waals surface area contributed by atoms with Crippen molar-refractivity contribution in [3.05, 3.63) is 83.8 Å². The molecule has 0 radical (unpaired) electrons. The van der Waals surface area contributed by atoms with Crippen LogP contribution in [0.2, 0.25) is 10.0 Å². The smallest absolute Gasteiger partial charge is 0.294 e. The number of nitrogens with one attached hydrogen (secondary N) is 1. The van der Waals surface area contributed by atoms with Crippen LogP contribution >= 0.6 is 34.5 Å². The fraction of sp³-hybridized carbons (Fsp3) is 0.211. The number of anilines is 2. The van der Waals surface area contributed by atoms with Gasteiger partial charge in [-0.2, -0.15) is 0 Å². The van der Waals surface area contributed by atoms with Gasteiger partial charge in [-0.25, -0.2) is 4.98 Å². The van der Waals surface area contributed by atoms with Gasteiger partial charge in [0.2, 0.25) is 0 Å². The van der Waals surface area contributed by atoms with Crippen molar-refractivity contribution >= 4 is 45.9 Å². The van der Waals surface area contributed by atoms with Crippen molar-refractivity contribution in [1.29, 1.82) is 0 Å². The van der Waals surface area contributed by atoms with E-state index in [0.717, 1.165) is 26.8 Å². The van der Waals surface area contributed by atoms with Gasteiger partial charge in [-0.3, -0.25) is 0 Å². The lowest BCUT2D eigenvalue weighted by Gasteiger charge is -2.14. The second-order valence-corrected chi connectivity index (χ2v) is 7.96. The Morgan fingerprint density at radius 3 is 2.61 bits per heavy atom. The highest BCUT2D eigenvalue weighted by atomic mass is 35.5. The number of hydrogen-bond acceptors (Lipinski definition) is 6. The van der Waals surface area contributed by atoms with E-state index in [2.05, 4.69) is 15.1 Å². The molecule has 0 aliphatic rings. The summed E-state index contributed by atoms with van der Waals surface area (Å²) >= 11 is 14.1. The first-order valence-electron chi connectivity index (χ1n) is 8.45. The third kappa shape index (κ3) is 5.13. The molecule has 0 amide bonds. The Bertz CT molecular complexity index is 974. The Kier molecular flexibility index (Phi) is 6.72. The van der Waals surface area contributed by atoms with E-state index in [1.165, 1.54) is 11.3 Å². The molecule has 0 fully saturated rings. The Hall–Kier alpha value is -2.35. The lowest BCUT2D eigenvalue weighted by Crippen LogP contribution is -2.04. The summed E-state index contributed by atoms with van der Waals surface area (Å²) in [6, 6.07) is 13.2. The van der Waals surface area contributed by atoms with Crippen molar-refractivity contribution in [1.82, 2.24) is 4.98 Å². The molecule has 1 aromatic heterocycles. The summed E-state index contributed by atoms with van der Waals surface area (Å²) in [5.41, 5.74) is 3.46. The van der Waals surface area contributed by atoms with Gasteiger partial charge in [0, 0.05) is 23.4 Å². The van der Waals surface area contributed by atoms with Gasteiger partial charge in [-0.05, 0) is 30.7 Å². The van der Waals surface area contributed by atoms with Gasteiger partial charge in [0.15, 0.2) is 0 Å². The van der Waals surface area contributed by atoms with E-state index in [9.17, 15) is 10.1 Å². The van der Waals surface area contributed by atoms with Crippen molar-refractivity contribution in [2.45, 2.75) is 19.8 Å². The molecular weight excluding hydrogens is 421 g/mol. The number of thiazole rings is 1. The molecule has 3 rings (SSSR count). The molecule has 0 spiro atoms. The lowest BCUT2D eigenvalue weighted by molar-refractivity contribution is -0.757. The van der Waals surface area contributed by atoms with Crippen LogP contribution in [-0.2, 0) is 17.7 Å². The molecule has 1 heterocycles. The summed E-state index contributed by atoms with van der Waals surface area (Å²) in [6.45, 7) is 1.92. The molecule has 0 saturated heterocycles. The lowest BCUT2D eigenvalue weighted by atomic mass is 10.1. The van der Waals surface area contributed by atoms with Gasteiger partial charge in [0.25, 0.3) is 5.09 Å². The maximum absolute atomic E-state index is 10.3. The summed E-state index contributed by atoms with van der Waals surface area (Å²) in [5, 5.41) is 14.8. The first-order valence-corrected chi connectivity index (χ1v) is 10.0. The second kappa shape index (κ2) is 9.23. The molecule has 0 unspecified atom stereocenters. The summed E-state index contributed by atoms with van der Waals surface area (Å²) in [7, 11) is 0. The largest absolute Gasteiger partial charge is 0.353 e. The van der Waals surface area contributed by atoms with E-state index in [1.54, 1.807) is 18.2 Å². The highest BCUT2D eigenvalue weighted by Crippen LogP contribution is 2.34. The minimum Gasteiger partial charge on any atom is -0.353 e. The number of nitrogens with zero attached hydrogens (tertiary/aromatic N) is 2. The first kappa shape index (κ1) is 20.4. The normalized spacial score (nSPS) is 10.7. The molecule has 3 aromatic rings. The van der Waals surface area contributed by atoms with Gasteiger partial charge >= 0.3 is 0 Å². The number of aryl methyl sites for hydroxylation is 1. The van der Waals surface area contributed by atoms with E-state index in [0.29, 0.717) is 28.6 Å². The molecule has 6 nitrogen and oxygen atoms in total. The van der Waals surface area contributed by atoms with Gasteiger partial charge < -0.3 is 10.2 Å². The van der Waals surface area contributed by atoms with E-state index in [1.807, 2.05) is 31.2 Å². The molecule has 2 aromatic carbocycles. The molecule has 0 bridgehead atoms. The van der Waals surface area contributed by atoms with Gasteiger partial charge in [0.05, 0.1) is 26.4 Å². The van der Waals surface area contributed by atoms with Crippen LogP contribution in [0, 0.1) is 17.0 Å². The van der Waals surface area contributed by atoms with E-state index >= 15 is 0 Å². The monoisotopic (exact) mass is 437 g/mol. The average molecular weight is 438 g/mol. The number of halogens is 2. The van der Waals surface area contributed by atoms with Gasteiger partial charge in [-0.1, -0.05) is 47.5 Å². The molecular formula is C19H17Cl2N3O3S. The Balaban J connectivity index is 1.78. The van der Waals surface area contributed by atoms with Gasteiger partial charge in [0.1, 0.15) is 6.61 Å². The van der Waals surface area contributed by atoms with E-state index in [-0.39, 0.29) is 6.61 Å². The zero-order valence-corrected chi connectivity index (χ0v) is 17.3. The van der Waals surface area contributed by atoms with Crippen LogP contribution in [-0.4, -0.2) is 16.7 Å². The number of rotatable bonds is 8. The Morgan fingerprint density at radius 2 is 1.89 bits per heavy atom.